The molecule has 0 aliphatic carbocycles. The standard InChI is InChI=1S/C28H24F2N6O/c1-17-6-5-7-19(14-17)25-32-33-26-22-8-3-4-9-24(22)31-28(36(25)26)34-12-13-35(18(2)16-34)27(37)21-11-10-20(29)15-23(21)30/h3-11,14-15,18H,12-13,16H2,1-2H3/t18-/m0/s1. The van der Waals surface area contributed by atoms with Crippen LogP contribution >= 0.6 is 0 Å². The Morgan fingerprint density at radius 2 is 1.81 bits per heavy atom. The van der Waals surface area contributed by atoms with Crippen molar-refractivity contribution >= 4 is 28.4 Å². The van der Waals surface area contributed by atoms with Crippen LogP contribution in [-0.2, 0) is 0 Å². The van der Waals surface area contributed by atoms with Crippen molar-refractivity contribution in [2.24, 2.45) is 0 Å². The predicted molar refractivity (Wildman–Crippen MR) is 138 cm³/mol. The molecule has 9 heteroatoms. The Balaban J connectivity index is 1.40. The zero-order chi connectivity index (χ0) is 25.7. The minimum Gasteiger partial charge on any atom is -0.338 e. The fraction of sp³-hybridized carbons (Fsp3) is 0.214. The fourth-order valence-electron chi connectivity index (χ4n) is 5.01. The number of amides is 1. The molecule has 0 N–H and O–H groups in total. The Hall–Kier alpha value is -4.40. The quantitative estimate of drug-likeness (QED) is 0.355. The van der Waals surface area contributed by atoms with E-state index >= 15 is 0 Å². The zero-order valence-electron chi connectivity index (χ0n) is 20.4. The van der Waals surface area contributed by atoms with Crippen LogP contribution in [-0.4, -0.2) is 56.1 Å². The number of carbonyl (C=O) groups is 1. The van der Waals surface area contributed by atoms with Crippen LogP contribution in [0.1, 0.15) is 22.8 Å². The lowest BCUT2D eigenvalue weighted by atomic mass is 10.1. The highest BCUT2D eigenvalue weighted by molar-refractivity contribution is 5.95. The summed E-state index contributed by atoms with van der Waals surface area (Å²) in [6.07, 6.45) is 0. The maximum atomic E-state index is 14.3. The van der Waals surface area contributed by atoms with E-state index in [4.69, 9.17) is 4.98 Å². The second kappa shape index (κ2) is 8.92. The first-order valence-electron chi connectivity index (χ1n) is 12.1. The summed E-state index contributed by atoms with van der Waals surface area (Å²) in [4.78, 5) is 21.8. The molecule has 0 saturated carbocycles. The average molecular weight is 499 g/mol. The summed E-state index contributed by atoms with van der Waals surface area (Å²) in [6, 6.07) is 18.7. The molecule has 5 aromatic rings. The number of aromatic nitrogens is 4. The Labute approximate surface area is 212 Å². The third-order valence-corrected chi connectivity index (χ3v) is 6.84. The predicted octanol–water partition coefficient (Wildman–Crippen LogP) is 4.88. The molecule has 1 atom stereocenters. The first-order chi connectivity index (χ1) is 17.9. The minimum atomic E-state index is -0.857. The van der Waals surface area contributed by atoms with Crippen molar-refractivity contribution in [2.45, 2.75) is 19.9 Å². The van der Waals surface area contributed by atoms with Gasteiger partial charge < -0.3 is 9.80 Å². The molecule has 7 nitrogen and oxygen atoms in total. The molecule has 1 aliphatic rings. The lowest BCUT2D eigenvalue weighted by molar-refractivity contribution is 0.0668. The number of benzene rings is 3. The molecular formula is C28H24F2N6O. The molecular weight excluding hydrogens is 474 g/mol. The normalized spacial score (nSPS) is 16.1. The van der Waals surface area contributed by atoms with Gasteiger partial charge in [-0.3, -0.25) is 4.79 Å². The number of hydrogen-bond donors (Lipinski definition) is 0. The smallest absolute Gasteiger partial charge is 0.257 e. The largest absolute Gasteiger partial charge is 0.338 e. The van der Waals surface area contributed by atoms with E-state index in [-0.39, 0.29) is 11.6 Å². The van der Waals surface area contributed by atoms with E-state index in [9.17, 15) is 13.6 Å². The third kappa shape index (κ3) is 3.96. The van der Waals surface area contributed by atoms with Crippen LogP contribution in [0.3, 0.4) is 0 Å². The van der Waals surface area contributed by atoms with E-state index in [1.165, 1.54) is 6.07 Å². The number of rotatable bonds is 3. The molecule has 186 valence electrons. The number of aryl methyl sites for hydroxylation is 1. The Kier molecular flexibility index (Phi) is 5.55. The molecule has 0 spiro atoms. The molecule has 0 radical (unpaired) electrons. The molecule has 1 aliphatic heterocycles. The third-order valence-electron chi connectivity index (χ3n) is 6.84. The van der Waals surface area contributed by atoms with Gasteiger partial charge in [-0.15, -0.1) is 10.2 Å². The number of para-hydroxylation sites is 1. The molecule has 1 saturated heterocycles. The highest BCUT2D eigenvalue weighted by atomic mass is 19.1. The summed E-state index contributed by atoms with van der Waals surface area (Å²) in [7, 11) is 0. The number of nitrogens with zero attached hydrogens (tertiary/aromatic N) is 6. The van der Waals surface area contributed by atoms with Gasteiger partial charge in [-0.25, -0.2) is 18.2 Å². The summed E-state index contributed by atoms with van der Waals surface area (Å²) in [5.74, 6) is -0.652. The topological polar surface area (TPSA) is 66.6 Å². The Morgan fingerprint density at radius 1 is 0.973 bits per heavy atom. The monoisotopic (exact) mass is 498 g/mol. The molecule has 0 bridgehead atoms. The summed E-state index contributed by atoms with van der Waals surface area (Å²) >= 11 is 0. The van der Waals surface area contributed by atoms with Crippen LogP contribution in [0.15, 0.2) is 66.7 Å². The second-order valence-electron chi connectivity index (χ2n) is 9.40. The maximum absolute atomic E-state index is 14.3. The SMILES string of the molecule is Cc1cccc(-c2nnc3c4ccccc4nc(N4CCN(C(=O)c5ccc(F)cc5F)[C@@H](C)C4)n23)c1. The van der Waals surface area contributed by atoms with Crippen LogP contribution < -0.4 is 4.90 Å². The summed E-state index contributed by atoms with van der Waals surface area (Å²) in [5, 5.41) is 9.97. The molecule has 1 amide bonds. The van der Waals surface area contributed by atoms with Gasteiger partial charge in [0.25, 0.3) is 5.91 Å². The van der Waals surface area contributed by atoms with Gasteiger partial charge in [0.15, 0.2) is 11.5 Å². The van der Waals surface area contributed by atoms with E-state index in [0.717, 1.165) is 34.2 Å². The number of carbonyl (C=O) groups excluding carboxylic acids is 1. The van der Waals surface area contributed by atoms with E-state index in [1.54, 1.807) is 4.90 Å². The van der Waals surface area contributed by atoms with Gasteiger partial charge in [-0.2, -0.15) is 0 Å². The van der Waals surface area contributed by atoms with Crippen molar-refractivity contribution in [1.82, 2.24) is 24.5 Å². The van der Waals surface area contributed by atoms with Crippen molar-refractivity contribution in [3.8, 4) is 11.4 Å². The highest BCUT2D eigenvalue weighted by Gasteiger charge is 2.32. The molecule has 1 fully saturated rings. The van der Waals surface area contributed by atoms with Crippen molar-refractivity contribution < 1.29 is 13.6 Å². The fourth-order valence-corrected chi connectivity index (χ4v) is 5.01. The number of fused-ring (bicyclic) bond motifs is 3. The summed E-state index contributed by atoms with van der Waals surface area (Å²) < 4.78 is 29.7. The number of hydrogen-bond acceptors (Lipinski definition) is 5. The van der Waals surface area contributed by atoms with Gasteiger partial charge >= 0.3 is 0 Å². The van der Waals surface area contributed by atoms with Crippen molar-refractivity contribution in [3.05, 3.63) is 89.5 Å². The molecule has 2 aromatic heterocycles. The molecule has 3 aromatic carbocycles. The van der Waals surface area contributed by atoms with Gasteiger partial charge in [-0.1, -0.05) is 35.9 Å². The van der Waals surface area contributed by atoms with Crippen LogP contribution in [0.5, 0.6) is 0 Å². The van der Waals surface area contributed by atoms with Gasteiger partial charge in [-0.05, 0) is 44.2 Å². The number of halogens is 2. The van der Waals surface area contributed by atoms with Gasteiger partial charge in [0, 0.05) is 42.7 Å². The molecule has 0 unspecified atom stereocenters. The highest BCUT2D eigenvalue weighted by Crippen LogP contribution is 2.30. The van der Waals surface area contributed by atoms with Crippen molar-refractivity contribution in [1.29, 1.82) is 0 Å². The Morgan fingerprint density at radius 3 is 2.59 bits per heavy atom. The van der Waals surface area contributed by atoms with E-state index in [2.05, 4.69) is 21.2 Å². The van der Waals surface area contributed by atoms with Crippen LogP contribution in [0.4, 0.5) is 14.7 Å². The van der Waals surface area contributed by atoms with Crippen molar-refractivity contribution in [2.75, 3.05) is 24.5 Å². The Bertz CT molecular complexity index is 1670. The molecule has 37 heavy (non-hydrogen) atoms. The van der Waals surface area contributed by atoms with Crippen LogP contribution in [0.2, 0.25) is 0 Å². The van der Waals surface area contributed by atoms with E-state index in [0.29, 0.717) is 37.1 Å². The number of anilines is 1. The van der Waals surface area contributed by atoms with Crippen molar-refractivity contribution in [3.63, 3.8) is 0 Å². The van der Waals surface area contributed by atoms with E-state index in [1.807, 2.05) is 60.7 Å². The summed E-state index contributed by atoms with van der Waals surface area (Å²) in [5.41, 5.74) is 3.41. The zero-order valence-corrected chi connectivity index (χ0v) is 20.4. The van der Waals surface area contributed by atoms with Gasteiger partial charge in [0.2, 0.25) is 5.95 Å². The van der Waals surface area contributed by atoms with E-state index < -0.39 is 17.5 Å². The van der Waals surface area contributed by atoms with Crippen LogP contribution in [0.25, 0.3) is 27.9 Å². The van der Waals surface area contributed by atoms with Gasteiger partial charge in [0.05, 0.1) is 11.1 Å². The molecule has 3 heterocycles. The van der Waals surface area contributed by atoms with Gasteiger partial charge in [0.1, 0.15) is 11.6 Å². The maximum Gasteiger partial charge on any atom is 0.257 e. The first kappa shape index (κ1) is 23.0. The van der Waals surface area contributed by atoms with Crippen LogP contribution in [0, 0.1) is 18.6 Å². The average Bonchev–Trinajstić information content (AvgIpc) is 3.33. The number of piperazine rings is 1. The molecule has 6 rings (SSSR count). The summed E-state index contributed by atoms with van der Waals surface area (Å²) in [6.45, 7) is 5.25. The lowest BCUT2D eigenvalue weighted by Crippen LogP contribution is -2.54. The minimum absolute atomic E-state index is 0.131. The lowest BCUT2D eigenvalue weighted by Gasteiger charge is -2.40. The first-order valence-corrected chi connectivity index (χ1v) is 12.1. The second-order valence-corrected chi connectivity index (χ2v) is 9.40.